The highest BCUT2D eigenvalue weighted by Crippen LogP contribution is 2.44. The largest absolute Gasteiger partial charge is 0.366 e. The van der Waals surface area contributed by atoms with Crippen molar-refractivity contribution in [3.05, 3.63) is 63.1 Å². The van der Waals surface area contributed by atoms with Crippen molar-refractivity contribution in [1.29, 1.82) is 5.26 Å². The molecule has 1 unspecified atom stereocenters. The maximum Gasteiger partial charge on any atom is 0.266 e. The molecular weight excluding hydrogens is 438 g/mol. The van der Waals surface area contributed by atoms with Gasteiger partial charge in [-0.2, -0.15) is 5.26 Å². The number of nitrogens with one attached hydrogen (secondary N) is 1. The summed E-state index contributed by atoms with van der Waals surface area (Å²) in [6.45, 7) is 12.0. The number of nitrogens with zero attached hydrogens (tertiary/aromatic N) is 2. The summed E-state index contributed by atoms with van der Waals surface area (Å²) in [6.07, 6.45) is 2.76. The number of nitriles is 1. The van der Waals surface area contributed by atoms with Crippen LogP contribution in [-0.4, -0.2) is 18.0 Å². The molecule has 0 spiro atoms. The van der Waals surface area contributed by atoms with Crippen molar-refractivity contribution in [3.63, 3.8) is 0 Å². The van der Waals surface area contributed by atoms with Crippen LogP contribution in [0.2, 0.25) is 0 Å². The number of hydrogen-bond acceptors (Lipinski definition) is 3. The Hall–Kier alpha value is -2.58. The topological polar surface area (TPSA) is 56.1 Å². The van der Waals surface area contributed by atoms with Crippen LogP contribution in [0.4, 0.5) is 11.4 Å². The highest BCUT2D eigenvalue weighted by molar-refractivity contribution is 9.10. The van der Waals surface area contributed by atoms with Gasteiger partial charge in [0.05, 0.1) is 0 Å². The van der Waals surface area contributed by atoms with Crippen molar-refractivity contribution in [2.24, 2.45) is 0 Å². The van der Waals surface area contributed by atoms with Gasteiger partial charge in [-0.15, -0.1) is 0 Å². The molecular formula is C25H28BrN3O. The van der Waals surface area contributed by atoms with Crippen molar-refractivity contribution in [1.82, 2.24) is 0 Å². The number of fused-ring (bicyclic) bond motifs is 1. The third kappa shape index (κ3) is 4.44. The van der Waals surface area contributed by atoms with E-state index in [1.807, 2.05) is 19.1 Å². The molecule has 0 saturated carbocycles. The molecule has 3 rings (SSSR count). The van der Waals surface area contributed by atoms with E-state index in [0.717, 1.165) is 28.6 Å². The summed E-state index contributed by atoms with van der Waals surface area (Å²) in [5.74, 6) is 0.00340. The molecule has 1 atom stereocenters. The van der Waals surface area contributed by atoms with Gasteiger partial charge < -0.3 is 10.2 Å². The van der Waals surface area contributed by atoms with Crippen LogP contribution in [0.25, 0.3) is 6.08 Å². The molecule has 0 bridgehead atoms. The summed E-state index contributed by atoms with van der Waals surface area (Å²) in [7, 11) is 0. The maximum absolute atomic E-state index is 12.7. The molecule has 30 heavy (non-hydrogen) atoms. The van der Waals surface area contributed by atoms with Crippen molar-refractivity contribution >= 4 is 39.3 Å². The van der Waals surface area contributed by atoms with Gasteiger partial charge in [-0.3, -0.25) is 4.79 Å². The van der Waals surface area contributed by atoms with Gasteiger partial charge in [0.2, 0.25) is 0 Å². The molecule has 5 heteroatoms. The van der Waals surface area contributed by atoms with Crippen LogP contribution in [0.3, 0.4) is 0 Å². The summed E-state index contributed by atoms with van der Waals surface area (Å²) in [5.41, 5.74) is 5.34. The molecule has 1 aliphatic heterocycles. The number of benzene rings is 2. The summed E-state index contributed by atoms with van der Waals surface area (Å²) in [4.78, 5) is 15.1. The van der Waals surface area contributed by atoms with Crippen LogP contribution in [-0.2, 0) is 4.79 Å². The molecule has 1 amide bonds. The monoisotopic (exact) mass is 465 g/mol. The van der Waals surface area contributed by atoms with Gasteiger partial charge in [0.25, 0.3) is 5.91 Å². The number of anilines is 2. The van der Waals surface area contributed by atoms with Crippen LogP contribution in [0.5, 0.6) is 0 Å². The Morgan fingerprint density at radius 3 is 2.73 bits per heavy atom. The molecule has 1 aliphatic rings. The third-order valence-corrected chi connectivity index (χ3v) is 6.33. The predicted molar refractivity (Wildman–Crippen MR) is 128 cm³/mol. The van der Waals surface area contributed by atoms with Crippen LogP contribution >= 0.6 is 15.9 Å². The van der Waals surface area contributed by atoms with Crippen LogP contribution in [0.15, 0.2) is 46.4 Å². The molecule has 4 nitrogen and oxygen atoms in total. The fraction of sp³-hybridized carbons (Fsp3) is 0.360. The van der Waals surface area contributed by atoms with Crippen LogP contribution in [0.1, 0.15) is 56.7 Å². The molecule has 2 aromatic rings. The fourth-order valence-corrected chi connectivity index (χ4v) is 4.87. The summed E-state index contributed by atoms with van der Waals surface area (Å²) in [6, 6.07) is 13.7. The lowest BCUT2D eigenvalue weighted by molar-refractivity contribution is -0.112. The zero-order valence-electron chi connectivity index (χ0n) is 18.2. The first-order valence-corrected chi connectivity index (χ1v) is 11.1. The normalized spacial score (nSPS) is 17.8. The first-order chi connectivity index (χ1) is 14.2. The average molecular weight is 466 g/mol. The zero-order chi connectivity index (χ0) is 22.1. The van der Waals surface area contributed by atoms with E-state index in [0.29, 0.717) is 11.6 Å². The van der Waals surface area contributed by atoms with Crippen molar-refractivity contribution in [2.75, 3.05) is 16.8 Å². The van der Waals surface area contributed by atoms with Gasteiger partial charge in [-0.05, 0) is 93.1 Å². The van der Waals surface area contributed by atoms with E-state index in [9.17, 15) is 10.1 Å². The quantitative estimate of drug-likeness (QED) is 0.418. The molecule has 2 aromatic carbocycles. The zero-order valence-corrected chi connectivity index (χ0v) is 19.8. The number of amides is 1. The number of carbonyl (C=O) groups excluding carboxylic acids is 1. The Morgan fingerprint density at radius 2 is 2.10 bits per heavy atom. The number of rotatable bonds is 4. The van der Waals surface area contributed by atoms with Gasteiger partial charge in [-0.25, -0.2) is 0 Å². The second kappa shape index (κ2) is 8.65. The SMILES string of the molecule is CCN1c2cc(C)c(/C=C(\C#N)C(=O)Nc3cccc(Br)c3)cc2C(C)CC1(C)C. The van der Waals surface area contributed by atoms with Gasteiger partial charge in [0, 0.05) is 27.9 Å². The Kier molecular flexibility index (Phi) is 6.38. The summed E-state index contributed by atoms with van der Waals surface area (Å²) < 4.78 is 0.866. The molecule has 0 fully saturated rings. The number of hydrogen-bond donors (Lipinski definition) is 1. The Labute approximate surface area is 187 Å². The van der Waals surface area contributed by atoms with Crippen molar-refractivity contribution in [3.8, 4) is 6.07 Å². The maximum atomic E-state index is 12.7. The Bertz CT molecular complexity index is 1050. The number of carbonyl (C=O) groups is 1. The van der Waals surface area contributed by atoms with Gasteiger partial charge >= 0.3 is 0 Å². The first-order valence-electron chi connectivity index (χ1n) is 10.3. The minimum atomic E-state index is -0.405. The predicted octanol–water partition coefficient (Wildman–Crippen LogP) is 6.42. The highest BCUT2D eigenvalue weighted by Gasteiger charge is 2.35. The number of aryl methyl sites for hydroxylation is 1. The molecule has 0 aromatic heterocycles. The lowest BCUT2D eigenvalue weighted by Gasteiger charge is -2.47. The van der Waals surface area contributed by atoms with Gasteiger partial charge in [0.15, 0.2) is 0 Å². The van der Waals surface area contributed by atoms with E-state index < -0.39 is 5.91 Å². The average Bonchev–Trinajstić information content (AvgIpc) is 2.66. The highest BCUT2D eigenvalue weighted by atomic mass is 79.9. The standard InChI is InChI=1S/C25H28BrN3O/c1-6-29-23-10-16(2)18(12-22(23)17(3)14-25(29,4)5)11-19(15-27)24(30)28-21-9-7-8-20(26)13-21/h7-13,17H,6,14H2,1-5H3,(H,28,30)/b19-11+. The van der Waals surface area contributed by atoms with Crippen molar-refractivity contribution < 1.29 is 4.79 Å². The van der Waals surface area contributed by atoms with E-state index >= 15 is 0 Å². The first kappa shape index (κ1) is 22.1. The smallest absolute Gasteiger partial charge is 0.266 e. The molecule has 1 N–H and O–H groups in total. The lowest BCUT2D eigenvalue weighted by Crippen LogP contribution is -2.48. The summed E-state index contributed by atoms with van der Waals surface area (Å²) in [5, 5.41) is 12.4. The second-order valence-electron chi connectivity index (χ2n) is 8.56. The lowest BCUT2D eigenvalue weighted by atomic mass is 9.79. The summed E-state index contributed by atoms with van der Waals surface area (Å²) >= 11 is 3.39. The van der Waals surface area contributed by atoms with Crippen molar-refractivity contribution in [2.45, 2.75) is 52.5 Å². The molecule has 1 heterocycles. The van der Waals surface area contributed by atoms with E-state index in [1.165, 1.54) is 11.3 Å². The minimum Gasteiger partial charge on any atom is -0.366 e. The minimum absolute atomic E-state index is 0.0918. The molecule has 0 saturated heterocycles. The van der Waals surface area contributed by atoms with Gasteiger partial charge in [0.1, 0.15) is 11.6 Å². The van der Waals surface area contributed by atoms with Crippen LogP contribution in [0, 0.1) is 18.3 Å². The second-order valence-corrected chi connectivity index (χ2v) is 9.48. The van der Waals surface area contributed by atoms with E-state index in [-0.39, 0.29) is 11.1 Å². The van der Waals surface area contributed by atoms with Crippen LogP contribution < -0.4 is 10.2 Å². The van der Waals surface area contributed by atoms with E-state index in [2.05, 4.69) is 72.0 Å². The Morgan fingerprint density at radius 1 is 1.37 bits per heavy atom. The van der Waals surface area contributed by atoms with E-state index in [4.69, 9.17) is 0 Å². The fourth-order valence-electron chi connectivity index (χ4n) is 4.47. The van der Waals surface area contributed by atoms with Gasteiger partial charge in [-0.1, -0.05) is 28.9 Å². The Balaban J connectivity index is 1.97. The molecule has 0 aliphatic carbocycles. The molecule has 0 radical (unpaired) electrons. The molecule has 156 valence electrons. The number of halogens is 1. The third-order valence-electron chi connectivity index (χ3n) is 5.84. The van der Waals surface area contributed by atoms with E-state index in [1.54, 1.807) is 18.2 Å².